The summed E-state index contributed by atoms with van der Waals surface area (Å²) in [5, 5.41) is 0.785. The first kappa shape index (κ1) is 20.7. The largest absolute Gasteiger partial charge is 0.497 e. The summed E-state index contributed by atoms with van der Waals surface area (Å²) >= 11 is 7.76. The monoisotopic (exact) mass is 463 g/mol. The maximum absolute atomic E-state index is 13.6. The summed E-state index contributed by atoms with van der Waals surface area (Å²) in [4.78, 5) is 29.8. The summed E-state index contributed by atoms with van der Waals surface area (Å²) in [6.45, 7) is 0. The van der Waals surface area contributed by atoms with Gasteiger partial charge in [-0.15, -0.1) is 11.8 Å². The fourth-order valence-electron chi connectivity index (χ4n) is 4.06. The Morgan fingerprint density at radius 3 is 2.38 bits per heavy atom. The quantitative estimate of drug-likeness (QED) is 0.351. The van der Waals surface area contributed by atoms with E-state index in [2.05, 4.69) is 0 Å². The molecule has 1 atom stereocenters. The summed E-state index contributed by atoms with van der Waals surface area (Å²) in [6.07, 6.45) is 2.00. The molecule has 7 heteroatoms. The number of rotatable bonds is 4. The number of thioether (sulfide) groups is 1. The van der Waals surface area contributed by atoms with Crippen molar-refractivity contribution in [2.45, 2.75) is 10.9 Å². The predicted molar refractivity (Wildman–Crippen MR) is 127 cm³/mol. The normalized spacial score (nSPS) is 15.3. The van der Waals surface area contributed by atoms with Crippen LogP contribution >= 0.6 is 23.4 Å². The molecule has 0 spiro atoms. The van der Waals surface area contributed by atoms with E-state index in [9.17, 15) is 9.59 Å². The second kappa shape index (κ2) is 8.04. The van der Waals surface area contributed by atoms with Gasteiger partial charge in [0.25, 0.3) is 5.91 Å². The first-order chi connectivity index (χ1) is 15.5. The number of carbonyl (C=O) groups is 1. The van der Waals surface area contributed by atoms with Crippen LogP contribution < -0.4 is 15.1 Å². The first-order valence-electron chi connectivity index (χ1n) is 9.89. The van der Waals surface area contributed by atoms with Gasteiger partial charge in [0.05, 0.1) is 24.1 Å². The molecule has 1 amide bonds. The van der Waals surface area contributed by atoms with E-state index in [0.29, 0.717) is 33.0 Å². The van der Waals surface area contributed by atoms with E-state index in [-0.39, 0.29) is 17.1 Å². The summed E-state index contributed by atoms with van der Waals surface area (Å²) < 4.78 is 11.2. The minimum atomic E-state index is -0.624. The zero-order valence-electron chi connectivity index (χ0n) is 17.3. The van der Waals surface area contributed by atoms with Gasteiger partial charge in [0, 0.05) is 15.6 Å². The molecule has 0 saturated heterocycles. The van der Waals surface area contributed by atoms with Gasteiger partial charge < -0.3 is 9.15 Å². The van der Waals surface area contributed by atoms with Gasteiger partial charge >= 0.3 is 0 Å². The van der Waals surface area contributed by atoms with Crippen LogP contribution in [0.1, 0.15) is 27.7 Å². The van der Waals surface area contributed by atoms with E-state index in [0.717, 1.165) is 10.5 Å². The number of benzene rings is 3. The van der Waals surface area contributed by atoms with Crippen molar-refractivity contribution in [3.63, 3.8) is 0 Å². The lowest BCUT2D eigenvalue weighted by Gasteiger charge is -2.25. The molecule has 0 radical (unpaired) electrons. The molecule has 1 aliphatic heterocycles. The molecular weight excluding hydrogens is 446 g/mol. The topological polar surface area (TPSA) is 59.8 Å². The molecule has 1 aliphatic rings. The number of halogens is 1. The van der Waals surface area contributed by atoms with Crippen LogP contribution in [0.4, 0.5) is 5.69 Å². The Morgan fingerprint density at radius 1 is 1.00 bits per heavy atom. The van der Waals surface area contributed by atoms with Crippen molar-refractivity contribution in [3.8, 4) is 5.75 Å². The SMILES string of the molecule is COc1ccc(N2C(=O)c3oc4ccc(Cl)cc4c(=O)c3C2c2ccc(SC)cc2)cc1. The molecule has 5 rings (SSSR count). The lowest BCUT2D eigenvalue weighted by atomic mass is 9.98. The van der Waals surface area contributed by atoms with Gasteiger partial charge in [-0.25, -0.2) is 0 Å². The van der Waals surface area contributed by atoms with Crippen molar-refractivity contribution in [2.75, 3.05) is 18.3 Å². The molecule has 0 saturated carbocycles. The molecule has 0 aliphatic carbocycles. The minimum Gasteiger partial charge on any atom is -0.497 e. The number of ether oxygens (including phenoxy) is 1. The zero-order valence-corrected chi connectivity index (χ0v) is 18.9. The third-order valence-electron chi connectivity index (χ3n) is 5.61. The molecule has 0 fully saturated rings. The molecule has 3 aromatic carbocycles. The van der Waals surface area contributed by atoms with Crippen LogP contribution in [0.2, 0.25) is 5.02 Å². The molecule has 4 aromatic rings. The fraction of sp³-hybridized carbons (Fsp3) is 0.120. The van der Waals surface area contributed by atoms with Gasteiger partial charge in [-0.1, -0.05) is 23.7 Å². The third-order valence-corrected chi connectivity index (χ3v) is 6.59. The van der Waals surface area contributed by atoms with E-state index in [1.807, 2.05) is 30.5 Å². The number of nitrogens with zero attached hydrogens (tertiary/aromatic N) is 1. The minimum absolute atomic E-state index is 0.0552. The Labute approximate surface area is 193 Å². The fourth-order valence-corrected chi connectivity index (χ4v) is 4.64. The van der Waals surface area contributed by atoms with Gasteiger partial charge in [0.15, 0.2) is 5.43 Å². The highest BCUT2D eigenvalue weighted by molar-refractivity contribution is 7.98. The lowest BCUT2D eigenvalue weighted by Crippen LogP contribution is -2.29. The highest BCUT2D eigenvalue weighted by Gasteiger charge is 2.43. The van der Waals surface area contributed by atoms with E-state index in [1.54, 1.807) is 66.2 Å². The van der Waals surface area contributed by atoms with Gasteiger partial charge in [0.1, 0.15) is 11.3 Å². The molecule has 0 bridgehead atoms. The summed E-state index contributed by atoms with van der Waals surface area (Å²) in [5.41, 5.74) is 1.85. The highest BCUT2D eigenvalue weighted by Crippen LogP contribution is 2.42. The van der Waals surface area contributed by atoms with E-state index >= 15 is 0 Å². The Kier molecular flexibility index (Phi) is 5.19. The van der Waals surface area contributed by atoms with Gasteiger partial charge in [-0.05, 0) is 66.4 Å². The maximum Gasteiger partial charge on any atom is 0.295 e. The lowest BCUT2D eigenvalue weighted by molar-refractivity contribution is 0.0971. The molecule has 1 aromatic heterocycles. The number of hydrogen-bond donors (Lipinski definition) is 0. The molecule has 2 heterocycles. The van der Waals surface area contributed by atoms with E-state index in [1.165, 1.54) is 0 Å². The number of carbonyl (C=O) groups excluding carboxylic acids is 1. The number of anilines is 1. The van der Waals surface area contributed by atoms with Crippen LogP contribution in [0.15, 0.2) is 80.8 Å². The van der Waals surface area contributed by atoms with Crippen LogP contribution in [0, 0.1) is 0 Å². The van der Waals surface area contributed by atoms with Crippen molar-refractivity contribution in [1.29, 1.82) is 0 Å². The average molecular weight is 464 g/mol. The van der Waals surface area contributed by atoms with Crippen molar-refractivity contribution in [1.82, 2.24) is 0 Å². The molecule has 0 N–H and O–H groups in total. The first-order valence-corrected chi connectivity index (χ1v) is 11.5. The standard InChI is InChI=1S/C25H18ClNO4S/c1-30-17-8-6-16(7-9-17)27-22(14-3-10-18(32-2)11-4-14)21-23(28)19-13-15(26)5-12-20(19)31-24(21)25(27)29/h3-13,22H,1-2H3. The van der Waals surface area contributed by atoms with Crippen molar-refractivity contribution in [2.24, 2.45) is 0 Å². The second-order valence-electron chi connectivity index (χ2n) is 7.36. The number of methoxy groups -OCH3 is 1. The number of hydrogen-bond acceptors (Lipinski definition) is 5. The van der Waals surface area contributed by atoms with Gasteiger partial charge in [-0.2, -0.15) is 0 Å². The summed E-state index contributed by atoms with van der Waals surface area (Å²) in [6, 6.07) is 19.2. The zero-order chi connectivity index (χ0) is 22.4. The van der Waals surface area contributed by atoms with E-state index < -0.39 is 6.04 Å². The van der Waals surface area contributed by atoms with Crippen LogP contribution in [0.3, 0.4) is 0 Å². The highest BCUT2D eigenvalue weighted by atomic mass is 35.5. The molecule has 1 unspecified atom stereocenters. The number of amides is 1. The van der Waals surface area contributed by atoms with E-state index in [4.69, 9.17) is 20.8 Å². The Bertz CT molecular complexity index is 1400. The molecule has 32 heavy (non-hydrogen) atoms. The number of fused-ring (bicyclic) bond motifs is 2. The third kappa shape index (κ3) is 3.27. The van der Waals surface area contributed by atoms with Crippen molar-refractivity contribution < 1.29 is 13.9 Å². The second-order valence-corrected chi connectivity index (χ2v) is 8.68. The van der Waals surface area contributed by atoms with Gasteiger partial charge in [0.2, 0.25) is 5.76 Å². The Balaban J connectivity index is 1.77. The predicted octanol–water partition coefficient (Wildman–Crippen LogP) is 5.93. The van der Waals surface area contributed by atoms with Crippen LogP contribution in [-0.2, 0) is 0 Å². The van der Waals surface area contributed by atoms with Crippen molar-refractivity contribution >= 4 is 45.9 Å². The smallest absolute Gasteiger partial charge is 0.295 e. The maximum atomic E-state index is 13.6. The summed E-state index contributed by atoms with van der Waals surface area (Å²) in [5.74, 6) is 0.367. The van der Waals surface area contributed by atoms with Crippen LogP contribution in [0.5, 0.6) is 5.75 Å². The van der Waals surface area contributed by atoms with Gasteiger partial charge in [-0.3, -0.25) is 14.5 Å². The Hall–Kier alpha value is -3.22. The Morgan fingerprint density at radius 2 is 1.72 bits per heavy atom. The molecular formula is C25H18ClNO4S. The summed E-state index contributed by atoms with van der Waals surface area (Å²) in [7, 11) is 1.58. The average Bonchev–Trinajstić information content (AvgIpc) is 3.12. The molecule has 160 valence electrons. The van der Waals surface area contributed by atoms with Crippen molar-refractivity contribution in [3.05, 3.63) is 98.9 Å². The molecule has 5 nitrogen and oxygen atoms in total. The van der Waals surface area contributed by atoms with Crippen LogP contribution in [-0.4, -0.2) is 19.3 Å². The van der Waals surface area contributed by atoms with Crippen LogP contribution in [0.25, 0.3) is 11.0 Å².